The lowest BCUT2D eigenvalue weighted by Gasteiger charge is -2.18. The molecule has 9 heteroatoms. The second kappa shape index (κ2) is 9.54. The Morgan fingerprint density at radius 3 is 2.78 bits per heavy atom. The third-order valence-electron chi connectivity index (χ3n) is 4.44. The number of aromatic nitrogens is 4. The van der Waals surface area contributed by atoms with E-state index >= 15 is 0 Å². The van der Waals surface area contributed by atoms with Crippen molar-refractivity contribution < 1.29 is 0 Å². The molecule has 3 aromatic heterocycles. The minimum Gasteiger partial charge on any atom is -0.357 e. The number of halogens is 1. The van der Waals surface area contributed by atoms with Crippen molar-refractivity contribution in [2.24, 2.45) is 12.0 Å². The number of thiazole rings is 1. The van der Waals surface area contributed by atoms with Crippen LogP contribution in [-0.4, -0.2) is 37.7 Å². The fraction of sp³-hybridized carbons (Fsp3) is 0.500. The molecule has 0 amide bonds. The van der Waals surface area contributed by atoms with E-state index in [1.807, 2.05) is 33.9 Å². The van der Waals surface area contributed by atoms with Gasteiger partial charge < -0.3 is 10.6 Å². The smallest absolute Gasteiger partial charge is 0.193 e. The molecule has 0 saturated heterocycles. The predicted molar refractivity (Wildman–Crippen MR) is 122 cm³/mol. The lowest BCUT2D eigenvalue weighted by Crippen LogP contribution is -2.43. The summed E-state index contributed by atoms with van der Waals surface area (Å²) < 4.78 is 3.98. The third kappa shape index (κ3) is 5.22. The summed E-state index contributed by atoms with van der Waals surface area (Å²) >= 11 is 1.63. The molecule has 0 aliphatic heterocycles. The van der Waals surface area contributed by atoms with Crippen LogP contribution >= 0.6 is 35.3 Å². The van der Waals surface area contributed by atoms with E-state index in [4.69, 9.17) is 4.99 Å². The number of imidazole rings is 1. The molecule has 7 nitrogen and oxygen atoms in total. The van der Waals surface area contributed by atoms with Gasteiger partial charge >= 0.3 is 0 Å². The highest BCUT2D eigenvalue weighted by atomic mass is 127. The number of hydrogen-bond acceptors (Lipinski definition) is 4. The van der Waals surface area contributed by atoms with Gasteiger partial charge in [0.1, 0.15) is 0 Å². The summed E-state index contributed by atoms with van der Waals surface area (Å²) in [4.78, 5) is 10.3. The van der Waals surface area contributed by atoms with Gasteiger partial charge in [0, 0.05) is 43.1 Å². The summed E-state index contributed by atoms with van der Waals surface area (Å²) in [6.45, 7) is 9.81. The average molecular weight is 501 g/mol. The number of rotatable bonds is 6. The number of fused-ring (bicyclic) bond motifs is 1. The van der Waals surface area contributed by atoms with Crippen molar-refractivity contribution in [3.8, 4) is 0 Å². The number of nitrogens with one attached hydrogen (secondary N) is 2. The number of guanidine groups is 1. The molecule has 0 aliphatic carbocycles. The number of aliphatic imine (C=N–C) groups is 1. The largest absolute Gasteiger partial charge is 0.357 e. The van der Waals surface area contributed by atoms with Crippen LogP contribution < -0.4 is 10.6 Å². The van der Waals surface area contributed by atoms with Gasteiger partial charge in [0.05, 0.1) is 17.9 Å². The zero-order valence-electron chi connectivity index (χ0n) is 16.5. The number of hydrogen-bond donors (Lipinski definition) is 2. The van der Waals surface area contributed by atoms with Gasteiger partial charge in [-0.1, -0.05) is 0 Å². The molecule has 0 bridgehead atoms. The van der Waals surface area contributed by atoms with Crippen molar-refractivity contribution in [1.29, 1.82) is 0 Å². The minimum atomic E-state index is 0. The first kappa shape index (κ1) is 21.7. The van der Waals surface area contributed by atoms with E-state index in [0.717, 1.165) is 35.3 Å². The zero-order chi connectivity index (χ0) is 18.7. The van der Waals surface area contributed by atoms with Crippen LogP contribution in [0.2, 0.25) is 0 Å². The Bertz CT molecular complexity index is 880. The molecule has 148 valence electrons. The molecule has 1 atom stereocenters. The molecule has 1 unspecified atom stereocenters. The molecular formula is C18H28IN7S. The van der Waals surface area contributed by atoms with Crippen LogP contribution in [0.4, 0.5) is 0 Å². The molecule has 0 radical (unpaired) electrons. The molecule has 3 rings (SSSR count). The molecule has 0 fully saturated rings. The van der Waals surface area contributed by atoms with Crippen molar-refractivity contribution in [1.82, 2.24) is 29.8 Å². The van der Waals surface area contributed by atoms with Crippen LogP contribution in [0, 0.1) is 13.8 Å². The lowest BCUT2D eigenvalue weighted by molar-refractivity contribution is 0.635. The second-order valence-electron chi connectivity index (χ2n) is 6.54. The first-order valence-electron chi connectivity index (χ1n) is 8.93. The maximum Gasteiger partial charge on any atom is 0.193 e. The number of aryl methyl sites for hydroxylation is 2. The molecule has 3 aromatic rings. The molecule has 0 spiro atoms. The highest BCUT2D eigenvalue weighted by molar-refractivity contribution is 14.0. The van der Waals surface area contributed by atoms with Crippen LogP contribution in [0.15, 0.2) is 22.8 Å². The molecule has 0 aliphatic rings. The van der Waals surface area contributed by atoms with Crippen LogP contribution in [0.25, 0.3) is 4.96 Å². The fourth-order valence-corrected chi connectivity index (χ4v) is 3.75. The van der Waals surface area contributed by atoms with Crippen LogP contribution in [-0.2, 0) is 20.0 Å². The normalized spacial score (nSPS) is 12.9. The Kier molecular flexibility index (Phi) is 7.66. The van der Waals surface area contributed by atoms with Crippen molar-refractivity contribution in [3.05, 3.63) is 40.4 Å². The van der Waals surface area contributed by atoms with Gasteiger partial charge in [-0.25, -0.2) is 9.98 Å². The van der Waals surface area contributed by atoms with Crippen LogP contribution in [0.3, 0.4) is 0 Å². The minimum absolute atomic E-state index is 0. The molecule has 0 saturated carbocycles. The molecular weight excluding hydrogens is 473 g/mol. The van der Waals surface area contributed by atoms with Gasteiger partial charge in [-0.15, -0.1) is 35.3 Å². The topological polar surface area (TPSA) is 71.5 Å². The lowest BCUT2D eigenvalue weighted by atomic mass is 10.1. The van der Waals surface area contributed by atoms with Gasteiger partial charge in [-0.3, -0.25) is 9.08 Å². The summed E-state index contributed by atoms with van der Waals surface area (Å²) in [5, 5.41) is 13.4. The summed E-state index contributed by atoms with van der Waals surface area (Å²) in [6, 6.07) is 0.250. The Morgan fingerprint density at radius 2 is 2.15 bits per heavy atom. The maximum atomic E-state index is 4.69. The predicted octanol–water partition coefficient (Wildman–Crippen LogP) is 3.05. The molecule has 2 N–H and O–H groups in total. The standard InChI is InChI=1S/C18H27N7S.HI/c1-6-19-17(20-10-15-11-25-7-8-26-18(25)22-15)21-12(2)9-16-13(3)23-24(5)14(16)4;/h7-8,11-12H,6,9-10H2,1-5H3,(H2,19,20,21);1H. The van der Waals surface area contributed by atoms with Crippen LogP contribution in [0.1, 0.15) is 36.5 Å². The summed E-state index contributed by atoms with van der Waals surface area (Å²) in [5.74, 6) is 0.815. The van der Waals surface area contributed by atoms with Crippen molar-refractivity contribution >= 4 is 46.2 Å². The van der Waals surface area contributed by atoms with E-state index in [0.29, 0.717) is 6.54 Å². The van der Waals surface area contributed by atoms with Gasteiger partial charge in [0.2, 0.25) is 0 Å². The Labute approximate surface area is 181 Å². The van der Waals surface area contributed by atoms with Gasteiger partial charge in [0.15, 0.2) is 10.9 Å². The number of nitrogens with zero attached hydrogens (tertiary/aromatic N) is 5. The van der Waals surface area contributed by atoms with E-state index in [2.05, 4.69) is 48.4 Å². The van der Waals surface area contributed by atoms with E-state index in [-0.39, 0.29) is 30.0 Å². The monoisotopic (exact) mass is 501 g/mol. The summed E-state index contributed by atoms with van der Waals surface area (Å²) in [5.41, 5.74) is 4.59. The SMILES string of the molecule is CCNC(=NCc1cn2ccsc2n1)NC(C)Cc1c(C)nn(C)c1C.I. The Hall–Kier alpha value is -1.62. The molecule has 0 aromatic carbocycles. The Morgan fingerprint density at radius 1 is 1.37 bits per heavy atom. The van der Waals surface area contributed by atoms with Crippen molar-refractivity contribution in [2.45, 2.75) is 46.7 Å². The first-order chi connectivity index (χ1) is 12.5. The highest BCUT2D eigenvalue weighted by Gasteiger charge is 2.14. The maximum absolute atomic E-state index is 4.69. The first-order valence-corrected chi connectivity index (χ1v) is 9.81. The molecule has 27 heavy (non-hydrogen) atoms. The van der Waals surface area contributed by atoms with Gasteiger partial charge in [0.25, 0.3) is 0 Å². The summed E-state index contributed by atoms with van der Waals surface area (Å²) in [7, 11) is 1.99. The van der Waals surface area contributed by atoms with E-state index in [9.17, 15) is 0 Å². The Balaban J connectivity index is 0.00000261. The third-order valence-corrected chi connectivity index (χ3v) is 5.21. The fourth-order valence-electron chi connectivity index (χ4n) is 3.04. The zero-order valence-corrected chi connectivity index (χ0v) is 19.6. The van der Waals surface area contributed by atoms with E-state index < -0.39 is 0 Å². The summed E-state index contributed by atoms with van der Waals surface area (Å²) in [6.07, 6.45) is 4.96. The van der Waals surface area contributed by atoms with Gasteiger partial charge in [-0.2, -0.15) is 5.10 Å². The average Bonchev–Trinajstić information content (AvgIpc) is 3.23. The van der Waals surface area contributed by atoms with Crippen LogP contribution in [0.5, 0.6) is 0 Å². The second-order valence-corrected chi connectivity index (χ2v) is 7.42. The quantitative estimate of drug-likeness (QED) is 0.310. The van der Waals surface area contributed by atoms with E-state index in [1.165, 1.54) is 11.3 Å². The van der Waals surface area contributed by atoms with E-state index in [1.54, 1.807) is 11.3 Å². The van der Waals surface area contributed by atoms with Gasteiger partial charge in [-0.05, 0) is 39.7 Å². The highest BCUT2D eigenvalue weighted by Crippen LogP contribution is 2.14. The van der Waals surface area contributed by atoms with Crippen molar-refractivity contribution in [2.75, 3.05) is 6.54 Å². The molecule has 3 heterocycles. The van der Waals surface area contributed by atoms with Crippen molar-refractivity contribution in [3.63, 3.8) is 0 Å².